The van der Waals surface area contributed by atoms with Crippen molar-refractivity contribution in [2.45, 2.75) is 23.9 Å². The molecule has 1 amide bonds. The third-order valence-electron chi connectivity index (χ3n) is 4.62. The van der Waals surface area contributed by atoms with Gasteiger partial charge in [0.05, 0.1) is 10.5 Å². The van der Waals surface area contributed by atoms with E-state index in [2.05, 4.69) is 10.0 Å². The van der Waals surface area contributed by atoms with E-state index in [0.29, 0.717) is 6.07 Å². The fourth-order valence-electron chi connectivity index (χ4n) is 2.94. The lowest BCUT2D eigenvalue weighted by Gasteiger charge is -2.12. The molecular weight excluding hydrogens is 476 g/mol. The molecule has 0 heterocycles. The molecule has 0 unspecified atom stereocenters. The van der Waals surface area contributed by atoms with Crippen LogP contribution in [0.25, 0.3) is 0 Å². The molecule has 0 spiro atoms. The summed E-state index contributed by atoms with van der Waals surface area (Å²) in [6, 6.07) is 13.7. The fourth-order valence-corrected chi connectivity index (χ4v) is 4.04. The summed E-state index contributed by atoms with van der Waals surface area (Å²) in [5, 5.41) is 2.47. The maximum absolute atomic E-state index is 12.9. The molecule has 11 heteroatoms. The zero-order chi connectivity index (χ0) is 24.9. The number of halogens is 4. The molecule has 3 aromatic carbocycles. The summed E-state index contributed by atoms with van der Waals surface area (Å²) in [5.41, 5.74) is -0.915. The molecule has 3 rings (SSSR count). The molecule has 0 fully saturated rings. The number of hydrogen-bond acceptors (Lipinski definition) is 4. The molecule has 3 aromatic rings. The Morgan fingerprint density at radius 2 is 1.47 bits per heavy atom. The second kappa shape index (κ2) is 10.0. The van der Waals surface area contributed by atoms with Crippen molar-refractivity contribution in [3.05, 3.63) is 89.7 Å². The zero-order valence-electron chi connectivity index (χ0n) is 17.4. The van der Waals surface area contributed by atoms with Gasteiger partial charge in [-0.25, -0.2) is 12.8 Å². The number of nitrogens with one attached hydrogen (secondary N) is 2. The summed E-state index contributed by atoms with van der Waals surface area (Å²) in [6.07, 6.45) is -4.98. The van der Waals surface area contributed by atoms with E-state index in [-0.39, 0.29) is 40.5 Å². The van der Waals surface area contributed by atoms with Crippen LogP contribution in [0.2, 0.25) is 0 Å². The number of sulfonamides is 1. The molecule has 34 heavy (non-hydrogen) atoms. The van der Waals surface area contributed by atoms with Crippen LogP contribution in [-0.4, -0.2) is 20.1 Å². The van der Waals surface area contributed by atoms with E-state index in [9.17, 15) is 35.6 Å². The van der Waals surface area contributed by atoms with Gasteiger partial charge in [0.1, 0.15) is 5.82 Å². The summed E-state index contributed by atoms with van der Waals surface area (Å²) in [5.74, 6) is -1.42. The number of hydrogen-bond donors (Lipinski definition) is 2. The SMILES string of the molecule is O=C(CCC(=O)c1ccc(F)cc1)Nc1cccc(S(=O)(=O)Nc2cccc(C(F)(F)F)c2)c1. The predicted octanol–water partition coefficient (Wildman–Crippen LogP) is 5.25. The van der Waals surface area contributed by atoms with E-state index in [1.165, 1.54) is 36.4 Å². The van der Waals surface area contributed by atoms with Gasteiger partial charge in [0.15, 0.2) is 5.78 Å². The van der Waals surface area contributed by atoms with E-state index in [4.69, 9.17) is 0 Å². The topological polar surface area (TPSA) is 92.3 Å². The average Bonchev–Trinajstić information content (AvgIpc) is 2.77. The number of alkyl halides is 3. The van der Waals surface area contributed by atoms with Gasteiger partial charge >= 0.3 is 6.18 Å². The molecule has 0 radical (unpaired) electrons. The van der Waals surface area contributed by atoms with Crippen LogP contribution < -0.4 is 10.0 Å². The molecule has 0 saturated carbocycles. The summed E-state index contributed by atoms with van der Waals surface area (Å²) in [4.78, 5) is 24.0. The highest BCUT2D eigenvalue weighted by Crippen LogP contribution is 2.31. The standard InChI is InChI=1S/C23H18F4N2O4S/c24-17-9-7-15(8-10-17)21(30)11-12-22(31)28-18-4-2-6-20(14-18)34(32,33)29-19-5-1-3-16(13-19)23(25,26)27/h1-10,13-14,29H,11-12H2,(H,28,31). The molecule has 0 aliphatic carbocycles. The molecule has 0 aliphatic heterocycles. The first-order valence-electron chi connectivity index (χ1n) is 9.83. The van der Waals surface area contributed by atoms with Gasteiger partial charge in [-0.15, -0.1) is 0 Å². The maximum Gasteiger partial charge on any atom is 0.416 e. The summed E-state index contributed by atoms with van der Waals surface area (Å²) >= 11 is 0. The Morgan fingerprint density at radius 1 is 0.824 bits per heavy atom. The van der Waals surface area contributed by atoms with Crippen LogP contribution in [0.15, 0.2) is 77.7 Å². The number of rotatable bonds is 8. The first-order chi connectivity index (χ1) is 15.9. The van der Waals surface area contributed by atoms with Crippen LogP contribution in [0.4, 0.5) is 28.9 Å². The van der Waals surface area contributed by atoms with E-state index < -0.39 is 33.5 Å². The quantitative estimate of drug-likeness (QED) is 0.331. The number of anilines is 2. The van der Waals surface area contributed by atoms with Crippen molar-refractivity contribution >= 4 is 33.1 Å². The lowest BCUT2D eigenvalue weighted by atomic mass is 10.1. The Labute approximate surface area is 192 Å². The molecule has 0 aliphatic rings. The van der Waals surface area contributed by atoms with Crippen molar-refractivity contribution in [2.24, 2.45) is 0 Å². The molecule has 0 aromatic heterocycles. The molecule has 0 saturated heterocycles. The second-order valence-corrected chi connectivity index (χ2v) is 8.87. The predicted molar refractivity (Wildman–Crippen MR) is 117 cm³/mol. The third kappa shape index (κ3) is 6.64. The Morgan fingerprint density at radius 3 is 2.15 bits per heavy atom. The van der Waals surface area contributed by atoms with Crippen molar-refractivity contribution in [3.8, 4) is 0 Å². The van der Waals surface area contributed by atoms with Gasteiger partial charge in [0.2, 0.25) is 5.91 Å². The number of amides is 1. The molecule has 178 valence electrons. The highest BCUT2D eigenvalue weighted by Gasteiger charge is 2.30. The second-order valence-electron chi connectivity index (χ2n) is 7.19. The Hall–Kier alpha value is -3.73. The van der Waals surface area contributed by atoms with Crippen LogP contribution in [-0.2, 0) is 21.0 Å². The van der Waals surface area contributed by atoms with Gasteiger partial charge in [-0.3, -0.25) is 14.3 Å². The van der Waals surface area contributed by atoms with E-state index in [1.807, 2.05) is 0 Å². The Kier molecular flexibility index (Phi) is 7.35. The smallest absolute Gasteiger partial charge is 0.326 e. The fraction of sp³-hybridized carbons (Fsp3) is 0.130. The highest BCUT2D eigenvalue weighted by molar-refractivity contribution is 7.92. The summed E-state index contributed by atoms with van der Waals surface area (Å²) < 4.78 is 78.9. The zero-order valence-corrected chi connectivity index (χ0v) is 18.2. The lowest BCUT2D eigenvalue weighted by molar-refractivity contribution is -0.137. The normalized spacial score (nSPS) is 11.6. The van der Waals surface area contributed by atoms with E-state index in [1.54, 1.807) is 0 Å². The number of benzene rings is 3. The minimum atomic E-state index is -4.64. The highest BCUT2D eigenvalue weighted by atomic mass is 32.2. The van der Waals surface area contributed by atoms with Gasteiger partial charge in [0.25, 0.3) is 10.0 Å². The van der Waals surface area contributed by atoms with Gasteiger partial charge in [-0.05, 0) is 60.7 Å². The lowest BCUT2D eigenvalue weighted by Crippen LogP contribution is -2.16. The molecular formula is C23H18F4N2O4S. The number of carbonyl (C=O) groups excluding carboxylic acids is 2. The number of ketones is 1. The van der Waals surface area contributed by atoms with Crippen molar-refractivity contribution in [2.75, 3.05) is 10.0 Å². The maximum atomic E-state index is 12.9. The van der Waals surface area contributed by atoms with E-state index in [0.717, 1.165) is 30.3 Å². The molecule has 0 atom stereocenters. The van der Waals surface area contributed by atoms with Crippen LogP contribution in [0.3, 0.4) is 0 Å². The average molecular weight is 494 g/mol. The van der Waals surface area contributed by atoms with Crippen molar-refractivity contribution in [3.63, 3.8) is 0 Å². The summed E-state index contributed by atoms with van der Waals surface area (Å²) in [6.45, 7) is 0. The minimum absolute atomic E-state index is 0.117. The van der Waals surface area contributed by atoms with E-state index >= 15 is 0 Å². The largest absolute Gasteiger partial charge is 0.416 e. The van der Waals surface area contributed by atoms with Gasteiger partial charge in [-0.2, -0.15) is 13.2 Å². The van der Waals surface area contributed by atoms with Crippen LogP contribution in [0, 0.1) is 5.82 Å². The molecule has 6 nitrogen and oxygen atoms in total. The first-order valence-corrected chi connectivity index (χ1v) is 11.3. The van der Waals surface area contributed by atoms with Gasteiger partial charge in [0, 0.05) is 29.8 Å². The Balaban J connectivity index is 1.65. The monoisotopic (exact) mass is 494 g/mol. The number of carbonyl (C=O) groups is 2. The first kappa shape index (κ1) is 24.9. The molecule has 0 bridgehead atoms. The number of Topliss-reactive ketones (excluding diaryl/α,β-unsaturated/α-hetero) is 1. The van der Waals surface area contributed by atoms with Gasteiger partial charge < -0.3 is 5.32 Å². The Bertz CT molecular complexity index is 1310. The van der Waals surface area contributed by atoms with Gasteiger partial charge in [-0.1, -0.05) is 12.1 Å². The minimum Gasteiger partial charge on any atom is -0.326 e. The molecule has 2 N–H and O–H groups in total. The third-order valence-corrected chi connectivity index (χ3v) is 5.99. The van der Waals surface area contributed by atoms with Crippen LogP contribution >= 0.6 is 0 Å². The van der Waals surface area contributed by atoms with Crippen molar-refractivity contribution in [1.29, 1.82) is 0 Å². The summed E-state index contributed by atoms with van der Waals surface area (Å²) in [7, 11) is -4.25. The van der Waals surface area contributed by atoms with Crippen molar-refractivity contribution in [1.82, 2.24) is 0 Å². The van der Waals surface area contributed by atoms with Crippen molar-refractivity contribution < 1.29 is 35.6 Å². The van der Waals surface area contributed by atoms with Crippen LogP contribution in [0.1, 0.15) is 28.8 Å². The van der Waals surface area contributed by atoms with Crippen LogP contribution in [0.5, 0.6) is 0 Å².